The number of nitrogens with zero attached hydrogens (tertiary/aromatic N) is 4. The van der Waals surface area contributed by atoms with E-state index in [4.69, 9.17) is 10.5 Å². The summed E-state index contributed by atoms with van der Waals surface area (Å²) >= 11 is 0. The molecule has 2 aromatic heterocycles. The summed E-state index contributed by atoms with van der Waals surface area (Å²) < 4.78 is 7.03. The zero-order chi connectivity index (χ0) is 16.8. The fourth-order valence-electron chi connectivity index (χ4n) is 2.66. The smallest absolute Gasteiger partial charge is 0.252 e. The van der Waals surface area contributed by atoms with E-state index >= 15 is 0 Å². The van der Waals surface area contributed by atoms with E-state index in [0.717, 1.165) is 0 Å². The van der Waals surface area contributed by atoms with Crippen LogP contribution in [0.15, 0.2) is 12.7 Å². The van der Waals surface area contributed by atoms with Crippen molar-refractivity contribution in [1.82, 2.24) is 24.8 Å². The maximum atomic E-state index is 12.1. The number of amides is 1. The van der Waals surface area contributed by atoms with Crippen molar-refractivity contribution in [2.45, 2.75) is 37.9 Å². The molecule has 0 spiro atoms. The van der Waals surface area contributed by atoms with E-state index in [1.54, 1.807) is 6.92 Å². The van der Waals surface area contributed by atoms with Crippen LogP contribution in [-0.2, 0) is 9.53 Å². The molecule has 10 nitrogen and oxygen atoms in total. The van der Waals surface area contributed by atoms with Crippen molar-refractivity contribution in [2.24, 2.45) is 0 Å². The summed E-state index contributed by atoms with van der Waals surface area (Å²) in [6, 6.07) is 0. The van der Waals surface area contributed by atoms with E-state index < -0.39 is 29.9 Å². The first-order valence-corrected chi connectivity index (χ1v) is 7.14. The fraction of sp³-hybridized carbons (Fsp3) is 0.538. The molecule has 0 radical (unpaired) electrons. The predicted octanol–water partition coefficient (Wildman–Crippen LogP) is -1.45. The zero-order valence-corrected chi connectivity index (χ0v) is 12.7. The zero-order valence-electron chi connectivity index (χ0n) is 12.7. The Morgan fingerprint density at radius 2 is 2.26 bits per heavy atom. The molecule has 124 valence electrons. The molecule has 3 heterocycles. The molecule has 4 atom stereocenters. The van der Waals surface area contributed by atoms with Crippen LogP contribution in [0.4, 0.5) is 5.82 Å². The maximum Gasteiger partial charge on any atom is 0.252 e. The van der Waals surface area contributed by atoms with Gasteiger partial charge in [-0.1, -0.05) is 0 Å². The molecule has 1 aliphatic heterocycles. The van der Waals surface area contributed by atoms with Gasteiger partial charge in [0.2, 0.25) is 0 Å². The molecule has 1 fully saturated rings. The minimum atomic E-state index is -1.76. The van der Waals surface area contributed by atoms with Crippen LogP contribution >= 0.6 is 0 Å². The lowest BCUT2D eigenvalue weighted by atomic mass is 9.94. The van der Waals surface area contributed by atoms with Crippen molar-refractivity contribution in [3.8, 4) is 0 Å². The lowest BCUT2D eigenvalue weighted by Gasteiger charge is -2.25. The Labute approximate surface area is 131 Å². The normalized spacial score (nSPS) is 30.7. The first-order chi connectivity index (χ1) is 10.9. The molecule has 10 heteroatoms. The summed E-state index contributed by atoms with van der Waals surface area (Å²) in [5.41, 5.74) is 4.66. The van der Waals surface area contributed by atoms with Crippen LogP contribution in [0.25, 0.3) is 11.2 Å². The Kier molecular flexibility index (Phi) is 3.66. The average molecular weight is 322 g/mol. The summed E-state index contributed by atoms with van der Waals surface area (Å²) in [7, 11) is 0. The molecule has 0 bridgehead atoms. The molecule has 3 rings (SSSR count). The number of aliphatic hydroxyl groups is 2. The molecule has 1 amide bonds. The summed E-state index contributed by atoms with van der Waals surface area (Å²) in [5, 5.41) is 23.5. The first kappa shape index (κ1) is 15.6. The van der Waals surface area contributed by atoms with Crippen molar-refractivity contribution in [1.29, 1.82) is 0 Å². The number of hydrogen-bond acceptors (Lipinski definition) is 8. The maximum absolute atomic E-state index is 12.1. The summed E-state index contributed by atoms with van der Waals surface area (Å²) in [6.45, 7) is 3.48. The number of nitrogens with one attached hydrogen (secondary N) is 1. The monoisotopic (exact) mass is 322 g/mol. The average Bonchev–Trinajstić information content (AvgIpc) is 3.01. The van der Waals surface area contributed by atoms with Crippen LogP contribution in [-0.4, -0.2) is 60.0 Å². The van der Waals surface area contributed by atoms with Gasteiger partial charge in [0.15, 0.2) is 23.8 Å². The molecular formula is C13H18N6O4. The molecule has 23 heavy (non-hydrogen) atoms. The molecule has 1 aliphatic rings. The first-order valence-electron chi connectivity index (χ1n) is 7.14. The number of likely N-dealkylation sites (N-methyl/N-ethyl adjacent to an activating group) is 1. The van der Waals surface area contributed by atoms with E-state index in [9.17, 15) is 15.0 Å². The second-order valence-corrected chi connectivity index (χ2v) is 5.55. The van der Waals surface area contributed by atoms with E-state index in [0.29, 0.717) is 17.7 Å². The predicted molar refractivity (Wildman–Crippen MR) is 79.0 cm³/mol. The molecule has 0 aromatic carbocycles. The van der Waals surface area contributed by atoms with Gasteiger partial charge in [-0.25, -0.2) is 15.0 Å². The van der Waals surface area contributed by atoms with Crippen molar-refractivity contribution >= 4 is 22.9 Å². The van der Waals surface area contributed by atoms with Crippen molar-refractivity contribution in [3.05, 3.63) is 12.7 Å². The van der Waals surface area contributed by atoms with Crippen LogP contribution in [0.2, 0.25) is 0 Å². The summed E-state index contributed by atoms with van der Waals surface area (Å²) in [4.78, 5) is 24.1. The Morgan fingerprint density at radius 3 is 2.96 bits per heavy atom. The lowest BCUT2D eigenvalue weighted by Crippen LogP contribution is -2.51. The van der Waals surface area contributed by atoms with E-state index in [-0.39, 0.29) is 5.82 Å². The van der Waals surface area contributed by atoms with Gasteiger partial charge in [-0.2, -0.15) is 0 Å². The van der Waals surface area contributed by atoms with Gasteiger partial charge in [0.05, 0.1) is 6.33 Å². The van der Waals surface area contributed by atoms with E-state index in [1.165, 1.54) is 24.1 Å². The van der Waals surface area contributed by atoms with Crippen molar-refractivity contribution in [2.75, 3.05) is 12.3 Å². The Balaban J connectivity index is 2.00. The molecular weight excluding hydrogens is 304 g/mol. The molecule has 2 aromatic rings. The number of nitrogen functional groups attached to an aromatic ring is 1. The second kappa shape index (κ2) is 5.41. The van der Waals surface area contributed by atoms with Gasteiger partial charge in [-0.3, -0.25) is 9.36 Å². The Hall–Kier alpha value is -2.30. The third-order valence-electron chi connectivity index (χ3n) is 3.93. The quantitative estimate of drug-likeness (QED) is 0.536. The molecule has 1 saturated heterocycles. The van der Waals surface area contributed by atoms with Crippen molar-refractivity contribution < 1.29 is 19.7 Å². The largest absolute Gasteiger partial charge is 0.385 e. The van der Waals surface area contributed by atoms with Gasteiger partial charge < -0.3 is 26.0 Å². The molecule has 0 saturated carbocycles. The number of fused-ring (bicyclic) bond motifs is 1. The second-order valence-electron chi connectivity index (χ2n) is 5.55. The van der Waals surface area contributed by atoms with Crippen molar-refractivity contribution in [3.63, 3.8) is 0 Å². The highest BCUT2D eigenvalue weighted by molar-refractivity contribution is 5.83. The number of aromatic nitrogens is 4. The van der Waals surface area contributed by atoms with Crippen LogP contribution in [0.1, 0.15) is 20.1 Å². The highest BCUT2D eigenvalue weighted by Crippen LogP contribution is 2.38. The Bertz CT molecular complexity index is 745. The standard InChI is InChI=1S/C13H18N6O4/c1-3-15-11(21)8-13(2,22)7(20)12(23-8)19-5-18-6-9(14)16-4-17-10(6)19/h4-5,7-8,12,20,22H,3H2,1-2H3,(H,15,21)(H2,14,16,17)/t7-,8+,12?,13-/m0/s1. The number of hydrogen-bond donors (Lipinski definition) is 4. The minimum absolute atomic E-state index is 0.188. The van der Waals surface area contributed by atoms with Gasteiger partial charge in [0.1, 0.15) is 23.5 Å². The molecule has 5 N–H and O–H groups in total. The van der Waals surface area contributed by atoms with Gasteiger partial charge in [0.25, 0.3) is 5.91 Å². The fourth-order valence-corrected chi connectivity index (χ4v) is 2.66. The van der Waals surface area contributed by atoms with Gasteiger partial charge in [-0.05, 0) is 13.8 Å². The number of nitrogens with two attached hydrogens (primary N) is 1. The van der Waals surface area contributed by atoms with Crippen LogP contribution < -0.4 is 11.1 Å². The summed E-state index contributed by atoms with van der Waals surface area (Å²) in [6.07, 6.45) is -0.976. The Morgan fingerprint density at radius 1 is 1.52 bits per heavy atom. The highest BCUT2D eigenvalue weighted by Gasteiger charge is 2.56. The van der Waals surface area contributed by atoms with E-state index in [2.05, 4.69) is 20.3 Å². The summed E-state index contributed by atoms with van der Waals surface area (Å²) in [5.74, 6) is -0.314. The third kappa shape index (κ3) is 2.31. The number of ether oxygens (including phenoxy) is 1. The number of carbonyl (C=O) groups is 1. The molecule has 1 unspecified atom stereocenters. The lowest BCUT2D eigenvalue weighted by molar-refractivity contribution is -0.143. The van der Waals surface area contributed by atoms with Crippen LogP contribution in [0, 0.1) is 0 Å². The minimum Gasteiger partial charge on any atom is -0.385 e. The SMILES string of the molecule is CCNC(=O)[C@H]1OC(n2cnc3c(N)ncnc32)[C@H](O)[C@]1(C)O. The van der Waals surface area contributed by atoms with E-state index in [1.807, 2.05) is 0 Å². The number of anilines is 1. The number of imidazole rings is 1. The topological polar surface area (TPSA) is 148 Å². The third-order valence-corrected chi connectivity index (χ3v) is 3.93. The molecule has 0 aliphatic carbocycles. The number of carbonyl (C=O) groups excluding carboxylic acids is 1. The highest BCUT2D eigenvalue weighted by atomic mass is 16.6. The van der Waals surface area contributed by atoms with Gasteiger partial charge in [-0.15, -0.1) is 0 Å². The van der Waals surface area contributed by atoms with Gasteiger partial charge >= 0.3 is 0 Å². The van der Waals surface area contributed by atoms with Crippen LogP contribution in [0.3, 0.4) is 0 Å². The van der Waals surface area contributed by atoms with Crippen LogP contribution in [0.5, 0.6) is 0 Å². The number of rotatable bonds is 3. The van der Waals surface area contributed by atoms with Gasteiger partial charge in [0, 0.05) is 6.54 Å². The number of aliphatic hydroxyl groups excluding tert-OH is 1.